The van der Waals surface area contributed by atoms with Gasteiger partial charge in [0.05, 0.1) is 12.5 Å². The summed E-state index contributed by atoms with van der Waals surface area (Å²) in [6.45, 7) is 0.438. The first kappa shape index (κ1) is 15.0. The number of rotatable bonds is 3. The number of thioether (sulfide) groups is 1. The van der Waals surface area contributed by atoms with Crippen LogP contribution in [0.1, 0.15) is 16.8 Å². The van der Waals surface area contributed by atoms with Crippen LogP contribution >= 0.6 is 23.1 Å². The minimum absolute atomic E-state index is 0.0156. The van der Waals surface area contributed by atoms with E-state index in [2.05, 4.69) is 4.98 Å². The van der Waals surface area contributed by atoms with Gasteiger partial charge < -0.3 is 10.0 Å². The fourth-order valence-corrected chi connectivity index (χ4v) is 4.16. The Morgan fingerprint density at radius 1 is 1.45 bits per heavy atom. The maximum atomic E-state index is 12.7. The molecule has 1 saturated heterocycles. The lowest BCUT2D eigenvalue weighted by Crippen LogP contribution is -2.48. The van der Waals surface area contributed by atoms with Crippen molar-refractivity contribution < 1.29 is 14.7 Å². The van der Waals surface area contributed by atoms with Crippen LogP contribution in [0.4, 0.5) is 0 Å². The summed E-state index contributed by atoms with van der Waals surface area (Å²) in [5.74, 6) is -0.0942. The zero-order valence-electron chi connectivity index (χ0n) is 11.5. The fourth-order valence-electron chi connectivity index (χ4n) is 2.42. The van der Waals surface area contributed by atoms with Gasteiger partial charge in [0, 0.05) is 35.8 Å². The predicted octanol–water partition coefficient (Wildman–Crippen LogP) is 0.788. The Hall–Kier alpha value is -1.87. The number of amides is 1. The third-order valence-corrected chi connectivity index (χ3v) is 5.33. The second-order valence-electron chi connectivity index (χ2n) is 4.86. The molecule has 1 N–H and O–H groups in total. The third kappa shape index (κ3) is 2.73. The number of thiazole rings is 1. The molecular formula is C13H13N3O4S2. The average Bonchev–Trinajstić information content (AvgIpc) is 2.96. The Balaban J connectivity index is 1.94. The maximum absolute atomic E-state index is 12.7. The molecule has 1 aliphatic rings. The Labute approximate surface area is 133 Å². The summed E-state index contributed by atoms with van der Waals surface area (Å²) in [4.78, 5) is 42.1. The number of carbonyl (C=O) groups is 2. The number of fused-ring (bicyclic) bond motifs is 1. The molecule has 0 aromatic carbocycles. The lowest BCUT2D eigenvalue weighted by molar-refractivity contribution is -0.138. The zero-order valence-corrected chi connectivity index (χ0v) is 13.1. The second-order valence-corrected chi connectivity index (χ2v) is 6.88. The molecule has 9 heteroatoms. The van der Waals surface area contributed by atoms with Crippen LogP contribution in [-0.4, -0.2) is 55.4 Å². The fraction of sp³-hybridized carbons (Fsp3) is 0.385. The van der Waals surface area contributed by atoms with Crippen molar-refractivity contribution in [1.82, 2.24) is 14.3 Å². The van der Waals surface area contributed by atoms with Gasteiger partial charge in [-0.05, 0) is 0 Å². The van der Waals surface area contributed by atoms with E-state index in [1.165, 1.54) is 26.8 Å². The van der Waals surface area contributed by atoms with E-state index >= 15 is 0 Å². The summed E-state index contributed by atoms with van der Waals surface area (Å²) < 4.78 is 1.34. The highest BCUT2D eigenvalue weighted by atomic mass is 32.2. The summed E-state index contributed by atoms with van der Waals surface area (Å²) in [7, 11) is 0. The average molecular weight is 339 g/mol. The van der Waals surface area contributed by atoms with E-state index in [0.29, 0.717) is 17.3 Å². The van der Waals surface area contributed by atoms with Crippen molar-refractivity contribution in [3.8, 4) is 0 Å². The molecule has 0 spiro atoms. The quantitative estimate of drug-likeness (QED) is 0.889. The van der Waals surface area contributed by atoms with E-state index in [4.69, 9.17) is 5.11 Å². The molecule has 2 aromatic rings. The molecule has 3 rings (SSSR count). The topological polar surface area (TPSA) is 92.0 Å². The summed E-state index contributed by atoms with van der Waals surface area (Å²) >= 11 is 2.93. The first-order valence-electron chi connectivity index (χ1n) is 6.63. The number of aliphatic carboxylic acids is 1. The molecule has 0 bridgehead atoms. The van der Waals surface area contributed by atoms with Crippen LogP contribution in [0.3, 0.4) is 0 Å². The minimum atomic E-state index is -0.951. The minimum Gasteiger partial charge on any atom is -0.481 e. The number of hydrogen-bond acceptors (Lipinski definition) is 6. The van der Waals surface area contributed by atoms with Gasteiger partial charge in [0.15, 0.2) is 4.96 Å². The Bertz CT molecular complexity index is 785. The SMILES string of the molecule is O=C(O)CC1CSCCN1C(=O)c1cnc2sccn2c1=O. The van der Waals surface area contributed by atoms with Gasteiger partial charge in [-0.25, -0.2) is 4.98 Å². The molecule has 1 amide bonds. The molecule has 116 valence electrons. The number of aromatic nitrogens is 2. The monoisotopic (exact) mass is 339 g/mol. The van der Waals surface area contributed by atoms with Crippen molar-refractivity contribution in [3.05, 3.63) is 33.7 Å². The Morgan fingerprint density at radius 2 is 2.27 bits per heavy atom. The van der Waals surface area contributed by atoms with Gasteiger partial charge in [-0.1, -0.05) is 0 Å². The van der Waals surface area contributed by atoms with E-state index in [-0.39, 0.29) is 12.0 Å². The molecular weight excluding hydrogens is 326 g/mol. The van der Waals surface area contributed by atoms with Gasteiger partial charge >= 0.3 is 5.97 Å². The van der Waals surface area contributed by atoms with Gasteiger partial charge in [0.1, 0.15) is 5.56 Å². The number of carboxylic acid groups (broad SMARTS) is 1. The number of hydrogen-bond donors (Lipinski definition) is 1. The molecule has 1 aliphatic heterocycles. The van der Waals surface area contributed by atoms with E-state index in [9.17, 15) is 14.4 Å². The summed E-state index contributed by atoms with van der Waals surface area (Å²) in [5, 5.41) is 10.7. The summed E-state index contributed by atoms with van der Waals surface area (Å²) in [6, 6.07) is -0.397. The highest BCUT2D eigenvalue weighted by Crippen LogP contribution is 2.20. The standard InChI is InChI=1S/C13H13N3O4S2/c17-10(18)5-8-7-21-3-1-15(8)11(19)9-6-14-13-16(12(9)20)2-4-22-13/h2,4,6,8H,1,3,5,7H2,(H,17,18). The van der Waals surface area contributed by atoms with Crippen molar-refractivity contribution in [2.75, 3.05) is 18.1 Å². The maximum Gasteiger partial charge on any atom is 0.305 e. The lowest BCUT2D eigenvalue weighted by atomic mass is 10.1. The normalized spacial score (nSPS) is 18.5. The molecule has 2 aromatic heterocycles. The van der Waals surface area contributed by atoms with Crippen LogP contribution in [-0.2, 0) is 4.79 Å². The van der Waals surface area contributed by atoms with Crippen LogP contribution in [0.5, 0.6) is 0 Å². The van der Waals surface area contributed by atoms with Crippen molar-refractivity contribution >= 4 is 39.9 Å². The van der Waals surface area contributed by atoms with Crippen LogP contribution in [0.2, 0.25) is 0 Å². The number of carboxylic acids is 1. The van der Waals surface area contributed by atoms with Crippen LogP contribution in [0.15, 0.2) is 22.6 Å². The third-order valence-electron chi connectivity index (χ3n) is 3.47. The second kappa shape index (κ2) is 6.09. The van der Waals surface area contributed by atoms with Gasteiger partial charge in [-0.3, -0.25) is 18.8 Å². The summed E-state index contributed by atoms with van der Waals surface area (Å²) in [6.07, 6.45) is 2.75. The number of nitrogens with zero attached hydrogens (tertiary/aromatic N) is 3. The molecule has 0 radical (unpaired) electrons. The predicted molar refractivity (Wildman–Crippen MR) is 83.7 cm³/mol. The highest BCUT2D eigenvalue weighted by Gasteiger charge is 2.31. The van der Waals surface area contributed by atoms with Crippen molar-refractivity contribution in [3.63, 3.8) is 0 Å². The van der Waals surface area contributed by atoms with E-state index in [1.807, 2.05) is 0 Å². The molecule has 1 unspecified atom stereocenters. The molecule has 0 aliphatic carbocycles. The van der Waals surface area contributed by atoms with E-state index in [1.54, 1.807) is 23.3 Å². The lowest BCUT2D eigenvalue weighted by Gasteiger charge is -2.34. The molecule has 22 heavy (non-hydrogen) atoms. The van der Waals surface area contributed by atoms with Gasteiger partial charge in [-0.2, -0.15) is 11.8 Å². The van der Waals surface area contributed by atoms with Crippen LogP contribution < -0.4 is 5.56 Å². The van der Waals surface area contributed by atoms with Gasteiger partial charge in [0.2, 0.25) is 0 Å². The summed E-state index contributed by atoms with van der Waals surface area (Å²) in [5.41, 5.74) is -0.429. The number of carbonyl (C=O) groups excluding carboxylic acids is 1. The first-order valence-corrected chi connectivity index (χ1v) is 8.66. The zero-order chi connectivity index (χ0) is 15.7. The van der Waals surface area contributed by atoms with E-state index < -0.39 is 23.5 Å². The van der Waals surface area contributed by atoms with Gasteiger partial charge in [-0.15, -0.1) is 11.3 Å². The first-order chi connectivity index (χ1) is 10.6. The largest absolute Gasteiger partial charge is 0.481 e. The van der Waals surface area contributed by atoms with Crippen LogP contribution in [0, 0.1) is 0 Å². The smallest absolute Gasteiger partial charge is 0.305 e. The Kier molecular flexibility index (Phi) is 4.16. The highest BCUT2D eigenvalue weighted by molar-refractivity contribution is 7.99. The van der Waals surface area contributed by atoms with Gasteiger partial charge in [0.25, 0.3) is 11.5 Å². The molecule has 1 atom stereocenters. The van der Waals surface area contributed by atoms with Crippen molar-refractivity contribution in [2.45, 2.75) is 12.5 Å². The van der Waals surface area contributed by atoms with E-state index in [0.717, 1.165) is 5.75 Å². The van der Waals surface area contributed by atoms with Crippen LogP contribution in [0.25, 0.3) is 4.96 Å². The van der Waals surface area contributed by atoms with Crippen molar-refractivity contribution in [1.29, 1.82) is 0 Å². The molecule has 1 fully saturated rings. The Morgan fingerprint density at radius 3 is 3.05 bits per heavy atom. The molecule has 0 saturated carbocycles. The molecule has 3 heterocycles. The molecule has 7 nitrogen and oxygen atoms in total. The van der Waals surface area contributed by atoms with Crippen molar-refractivity contribution in [2.24, 2.45) is 0 Å².